The van der Waals surface area contributed by atoms with Gasteiger partial charge in [-0.1, -0.05) is 26.0 Å². The second-order valence-electron chi connectivity index (χ2n) is 8.47. The minimum absolute atomic E-state index is 0.0266. The molecule has 0 bridgehead atoms. The number of hydrogen-bond donors (Lipinski definition) is 0. The van der Waals surface area contributed by atoms with E-state index < -0.39 is 0 Å². The first-order chi connectivity index (χ1) is 13.5. The molecule has 0 aliphatic carbocycles. The molecule has 4 nitrogen and oxygen atoms in total. The topological polar surface area (TPSA) is 40.2 Å². The van der Waals surface area contributed by atoms with Gasteiger partial charge in [0.05, 0.1) is 0 Å². The van der Waals surface area contributed by atoms with Crippen molar-refractivity contribution in [2.24, 2.45) is 11.8 Å². The number of rotatable bonds is 4. The Bertz CT molecular complexity index is 766. The Morgan fingerprint density at radius 1 is 0.821 bits per heavy atom. The van der Waals surface area contributed by atoms with Gasteiger partial charge in [-0.2, -0.15) is 9.15 Å². The monoisotopic (exact) mass is 382 g/mol. The first-order valence-corrected chi connectivity index (χ1v) is 10.8. The predicted octanol–water partition coefficient (Wildman–Crippen LogP) is 4.55. The molecule has 0 saturated carbocycles. The number of hydrogen-bond acceptors (Lipinski definition) is 2. The van der Waals surface area contributed by atoms with Gasteiger partial charge in [0, 0.05) is 38.5 Å². The van der Waals surface area contributed by atoms with Gasteiger partial charge in [0.2, 0.25) is 0 Å². The van der Waals surface area contributed by atoms with E-state index in [4.69, 9.17) is 0 Å². The zero-order valence-electron chi connectivity index (χ0n) is 17.8. The standard InChI is InChI=1S/C24H34N2O2/c1-5-19-13-11-17(3)25(15-19)23(27)21-9-7-8-10-22(21)24(28)26-16-20(6-2)14-12-18(26)4/h7-10,19-20H,5-6,11-16H2,1-4H3/q+2. The number of carbonyl (C=O) groups excluding carboxylic acids is 2. The lowest BCUT2D eigenvalue weighted by Gasteiger charge is -2.20. The second-order valence-corrected chi connectivity index (χ2v) is 8.47. The molecular weight excluding hydrogens is 348 g/mol. The number of benzene rings is 1. The van der Waals surface area contributed by atoms with Crippen molar-refractivity contribution in [3.63, 3.8) is 0 Å². The fourth-order valence-corrected chi connectivity index (χ4v) is 4.43. The average Bonchev–Trinajstić information content (AvgIpc) is 2.73. The molecular formula is C24H34N2O2+2. The van der Waals surface area contributed by atoms with Crippen LogP contribution in [0.3, 0.4) is 0 Å². The van der Waals surface area contributed by atoms with Crippen LogP contribution in [0.1, 0.15) is 86.9 Å². The molecule has 0 fully saturated rings. The lowest BCUT2D eigenvalue weighted by Crippen LogP contribution is -2.38. The van der Waals surface area contributed by atoms with Crippen LogP contribution in [0.5, 0.6) is 0 Å². The van der Waals surface area contributed by atoms with E-state index in [9.17, 15) is 9.59 Å². The molecule has 2 amide bonds. The molecule has 0 saturated heterocycles. The quantitative estimate of drug-likeness (QED) is 0.717. The lowest BCUT2D eigenvalue weighted by atomic mass is 9.93. The Labute approximate surface area is 169 Å². The fraction of sp³-hybridized carbons (Fsp3) is 0.583. The summed E-state index contributed by atoms with van der Waals surface area (Å²) < 4.78 is 3.82. The third kappa shape index (κ3) is 4.16. The fourth-order valence-electron chi connectivity index (χ4n) is 4.43. The maximum Gasteiger partial charge on any atom is 0.420 e. The van der Waals surface area contributed by atoms with E-state index in [0.717, 1.165) is 63.0 Å². The summed E-state index contributed by atoms with van der Waals surface area (Å²) >= 11 is 0. The van der Waals surface area contributed by atoms with Gasteiger partial charge < -0.3 is 0 Å². The Balaban J connectivity index is 1.95. The highest BCUT2D eigenvalue weighted by Gasteiger charge is 2.37. The van der Waals surface area contributed by atoms with E-state index in [0.29, 0.717) is 23.0 Å². The Hall–Kier alpha value is -2.10. The molecule has 0 N–H and O–H groups in total. The largest absolute Gasteiger partial charge is 0.420 e. The first-order valence-electron chi connectivity index (χ1n) is 10.8. The van der Waals surface area contributed by atoms with Crippen molar-refractivity contribution < 1.29 is 18.7 Å². The average molecular weight is 383 g/mol. The third-order valence-electron chi connectivity index (χ3n) is 6.66. The third-order valence-corrected chi connectivity index (χ3v) is 6.66. The highest BCUT2D eigenvalue weighted by atomic mass is 16.2. The summed E-state index contributed by atoms with van der Waals surface area (Å²) in [6, 6.07) is 7.36. The first kappa shape index (κ1) is 20.6. The molecule has 2 aliphatic heterocycles. The van der Waals surface area contributed by atoms with Crippen LogP contribution in [0.2, 0.25) is 0 Å². The maximum absolute atomic E-state index is 13.4. The van der Waals surface area contributed by atoms with Crippen molar-refractivity contribution in [2.45, 2.75) is 66.2 Å². The molecule has 2 aliphatic rings. The molecule has 2 heterocycles. The summed E-state index contributed by atoms with van der Waals surface area (Å²) in [6.45, 7) is 9.98. The van der Waals surface area contributed by atoms with Crippen LogP contribution in [0.25, 0.3) is 0 Å². The van der Waals surface area contributed by atoms with E-state index in [-0.39, 0.29) is 11.8 Å². The van der Waals surface area contributed by atoms with Crippen molar-refractivity contribution in [2.75, 3.05) is 13.1 Å². The van der Waals surface area contributed by atoms with Crippen molar-refractivity contribution >= 4 is 23.2 Å². The smallest absolute Gasteiger partial charge is 0.214 e. The zero-order valence-corrected chi connectivity index (χ0v) is 17.8. The summed E-state index contributed by atoms with van der Waals surface area (Å²) in [4.78, 5) is 26.8. The minimum Gasteiger partial charge on any atom is -0.214 e. The van der Waals surface area contributed by atoms with E-state index in [1.54, 1.807) is 0 Å². The van der Waals surface area contributed by atoms with Crippen molar-refractivity contribution in [1.82, 2.24) is 0 Å². The Kier molecular flexibility index (Phi) is 6.58. The SMILES string of the molecule is CCC1CCC(C)=[N+](C(=O)c2ccccc2C(=O)[N+]2=C(C)CCC(CC)C2)C1. The molecule has 0 aromatic heterocycles. The van der Waals surface area contributed by atoms with Crippen LogP contribution in [0.15, 0.2) is 24.3 Å². The summed E-state index contributed by atoms with van der Waals surface area (Å²) in [6.07, 6.45) is 6.37. The van der Waals surface area contributed by atoms with E-state index in [1.165, 1.54) is 0 Å². The van der Waals surface area contributed by atoms with Gasteiger partial charge in [-0.3, -0.25) is 0 Å². The molecule has 1 aromatic rings. The second kappa shape index (κ2) is 8.93. The van der Waals surface area contributed by atoms with Crippen LogP contribution < -0.4 is 0 Å². The highest BCUT2D eigenvalue weighted by Crippen LogP contribution is 2.22. The molecule has 2 atom stereocenters. The molecule has 150 valence electrons. The predicted molar refractivity (Wildman–Crippen MR) is 113 cm³/mol. The number of carbonyl (C=O) groups is 2. The van der Waals surface area contributed by atoms with Crippen LogP contribution in [0, 0.1) is 11.8 Å². The molecule has 28 heavy (non-hydrogen) atoms. The van der Waals surface area contributed by atoms with Crippen LogP contribution in [-0.2, 0) is 0 Å². The van der Waals surface area contributed by atoms with Crippen LogP contribution in [0.4, 0.5) is 0 Å². The normalized spacial score (nSPS) is 23.1. The van der Waals surface area contributed by atoms with Crippen molar-refractivity contribution in [3.05, 3.63) is 35.4 Å². The molecule has 3 rings (SSSR count). The molecule has 4 heteroatoms. The van der Waals surface area contributed by atoms with E-state index in [1.807, 2.05) is 47.3 Å². The van der Waals surface area contributed by atoms with Crippen molar-refractivity contribution in [1.29, 1.82) is 0 Å². The molecule has 1 aromatic carbocycles. The van der Waals surface area contributed by atoms with Gasteiger partial charge >= 0.3 is 11.8 Å². The van der Waals surface area contributed by atoms with Gasteiger partial charge in [-0.05, 0) is 37.8 Å². The summed E-state index contributed by atoms with van der Waals surface area (Å²) in [5.74, 6) is 1.03. The molecule has 0 spiro atoms. The summed E-state index contributed by atoms with van der Waals surface area (Å²) in [7, 11) is 0. The highest BCUT2D eigenvalue weighted by molar-refractivity contribution is 6.04. The lowest BCUT2D eigenvalue weighted by molar-refractivity contribution is -0.447. The zero-order chi connectivity index (χ0) is 20.3. The van der Waals surface area contributed by atoms with Gasteiger partial charge in [-0.25, -0.2) is 9.59 Å². The molecule has 2 unspecified atom stereocenters. The van der Waals surface area contributed by atoms with Gasteiger partial charge in [0.1, 0.15) is 11.1 Å². The molecule has 0 radical (unpaired) electrons. The van der Waals surface area contributed by atoms with E-state index in [2.05, 4.69) is 13.8 Å². The van der Waals surface area contributed by atoms with Gasteiger partial charge in [0.15, 0.2) is 24.5 Å². The minimum atomic E-state index is -0.0266. The number of amides is 2. The van der Waals surface area contributed by atoms with Crippen LogP contribution >= 0.6 is 0 Å². The maximum atomic E-state index is 13.4. The number of nitrogens with zero attached hydrogens (tertiary/aromatic N) is 2. The Morgan fingerprint density at radius 3 is 1.57 bits per heavy atom. The van der Waals surface area contributed by atoms with Gasteiger partial charge in [-0.15, -0.1) is 0 Å². The summed E-state index contributed by atoms with van der Waals surface area (Å²) in [5.41, 5.74) is 3.30. The Morgan fingerprint density at radius 2 is 1.21 bits per heavy atom. The van der Waals surface area contributed by atoms with Crippen LogP contribution in [-0.4, -0.2) is 45.5 Å². The van der Waals surface area contributed by atoms with Crippen molar-refractivity contribution in [3.8, 4) is 0 Å². The van der Waals surface area contributed by atoms with Gasteiger partial charge in [0.25, 0.3) is 0 Å². The van der Waals surface area contributed by atoms with E-state index >= 15 is 0 Å². The summed E-state index contributed by atoms with van der Waals surface area (Å²) in [5, 5.41) is 0.